The van der Waals surface area contributed by atoms with Crippen LogP contribution < -0.4 is 9.64 Å². The summed E-state index contributed by atoms with van der Waals surface area (Å²) in [5.41, 5.74) is 2.66. The molecule has 0 saturated carbocycles. The monoisotopic (exact) mass is 436 g/mol. The van der Waals surface area contributed by atoms with Crippen LogP contribution in [0.15, 0.2) is 30.7 Å². The number of aromatic nitrogens is 4. The van der Waals surface area contributed by atoms with Crippen molar-refractivity contribution in [3.8, 4) is 17.1 Å². The Kier molecular flexibility index (Phi) is 5.32. The van der Waals surface area contributed by atoms with Crippen molar-refractivity contribution in [2.75, 3.05) is 31.7 Å². The number of pyridine rings is 1. The van der Waals surface area contributed by atoms with Gasteiger partial charge in [-0.05, 0) is 30.9 Å². The van der Waals surface area contributed by atoms with Gasteiger partial charge < -0.3 is 19.4 Å². The van der Waals surface area contributed by atoms with Crippen LogP contribution in [0.25, 0.3) is 22.3 Å². The number of hydrogen-bond donors (Lipinski definition) is 1. The zero-order chi connectivity index (χ0) is 22.2. The molecule has 32 heavy (non-hydrogen) atoms. The van der Waals surface area contributed by atoms with Gasteiger partial charge in [-0.1, -0.05) is 13.8 Å². The van der Waals surface area contributed by atoms with Crippen molar-refractivity contribution >= 4 is 22.9 Å². The van der Waals surface area contributed by atoms with Crippen LogP contribution in [0, 0.1) is 5.92 Å². The third kappa shape index (κ3) is 3.72. The third-order valence-corrected chi connectivity index (χ3v) is 6.19. The molecule has 2 aliphatic heterocycles. The molecule has 2 saturated heterocycles. The summed E-state index contributed by atoms with van der Waals surface area (Å²) in [6.45, 7) is 6.03. The van der Waals surface area contributed by atoms with Crippen molar-refractivity contribution in [2.45, 2.75) is 38.8 Å². The van der Waals surface area contributed by atoms with Crippen molar-refractivity contribution in [1.82, 2.24) is 24.8 Å². The molecule has 2 atom stereocenters. The lowest BCUT2D eigenvalue weighted by molar-refractivity contribution is 0.0704. The normalized spacial score (nSPS) is 20.2. The van der Waals surface area contributed by atoms with Gasteiger partial charge in [0.1, 0.15) is 17.8 Å². The number of fused-ring (bicyclic) bond motifs is 3. The molecule has 9 heteroatoms. The molecule has 2 fully saturated rings. The lowest BCUT2D eigenvalue weighted by Gasteiger charge is -2.41. The Labute approximate surface area is 186 Å². The second-order valence-corrected chi connectivity index (χ2v) is 8.90. The number of piperazine rings is 1. The number of carbonyl (C=O) groups is 1. The first kappa shape index (κ1) is 20.5. The van der Waals surface area contributed by atoms with Gasteiger partial charge in [0.15, 0.2) is 0 Å². The Morgan fingerprint density at radius 3 is 2.62 bits per heavy atom. The van der Waals surface area contributed by atoms with E-state index in [9.17, 15) is 4.79 Å². The topological polar surface area (TPSA) is 96.5 Å². The fourth-order valence-corrected chi connectivity index (χ4v) is 4.68. The van der Waals surface area contributed by atoms with E-state index in [1.807, 2.05) is 30.9 Å². The van der Waals surface area contributed by atoms with Crippen LogP contribution in [0.4, 0.5) is 10.6 Å². The average molecular weight is 437 g/mol. The summed E-state index contributed by atoms with van der Waals surface area (Å²) >= 11 is 0. The number of carbonyl (C=O) groups excluding carboxylic acids is 1. The Morgan fingerprint density at radius 2 is 1.97 bits per heavy atom. The van der Waals surface area contributed by atoms with E-state index in [1.54, 1.807) is 19.6 Å². The first-order valence-corrected chi connectivity index (χ1v) is 11.1. The summed E-state index contributed by atoms with van der Waals surface area (Å²) in [5.74, 6) is 1.80. The van der Waals surface area contributed by atoms with E-state index in [4.69, 9.17) is 9.47 Å². The van der Waals surface area contributed by atoms with Gasteiger partial charge in [-0.3, -0.25) is 4.90 Å². The molecule has 2 unspecified atom stereocenters. The predicted molar refractivity (Wildman–Crippen MR) is 121 cm³/mol. The van der Waals surface area contributed by atoms with Crippen LogP contribution in [0.5, 0.6) is 5.88 Å². The van der Waals surface area contributed by atoms with Crippen LogP contribution in [-0.4, -0.2) is 69.8 Å². The highest BCUT2D eigenvalue weighted by atomic mass is 16.6. The second-order valence-electron chi connectivity index (χ2n) is 8.90. The van der Waals surface area contributed by atoms with Gasteiger partial charge in [-0.2, -0.15) is 0 Å². The molecule has 5 rings (SSSR count). The molecule has 3 aromatic heterocycles. The van der Waals surface area contributed by atoms with Crippen molar-refractivity contribution in [2.24, 2.45) is 5.92 Å². The van der Waals surface area contributed by atoms with Crippen molar-refractivity contribution < 1.29 is 14.3 Å². The maximum absolute atomic E-state index is 12.7. The number of ether oxygens (including phenoxy) is 2. The largest absolute Gasteiger partial charge is 0.481 e. The Balaban J connectivity index is 1.39. The number of H-pyrrole nitrogens is 1. The minimum Gasteiger partial charge on any atom is -0.481 e. The molecule has 168 valence electrons. The molecular weight excluding hydrogens is 408 g/mol. The molecule has 2 bridgehead atoms. The molecule has 1 amide bonds. The molecule has 3 aromatic rings. The Morgan fingerprint density at radius 1 is 1.19 bits per heavy atom. The van der Waals surface area contributed by atoms with Crippen LogP contribution in [0.3, 0.4) is 0 Å². The molecular formula is C23H28N6O3. The fraction of sp³-hybridized carbons (Fsp3) is 0.478. The molecule has 2 aliphatic rings. The van der Waals surface area contributed by atoms with E-state index in [0.717, 1.165) is 54.0 Å². The van der Waals surface area contributed by atoms with Crippen LogP contribution >= 0.6 is 0 Å². The number of rotatable bonds is 5. The summed E-state index contributed by atoms with van der Waals surface area (Å²) in [5, 5.41) is 0.966. The molecule has 0 aromatic carbocycles. The van der Waals surface area contributed by atoms with Gasteiger partial charge in [0.05, 0.1) is 31.2 Å². The van der Waals surface area contributed by atoms with Gasteiger partial charge in [-0.25, -0.2) is 19.7 Å². The zero-order valence-electron chi connectivity index (χ0n) is 18.6. The average Bonchev–Trinajstić information content (AvgIpc) is 3.35. The number of nitrogens with one attached hydrogen (secondary N) is 1. The minimum absolute atomic E-state index is 0.141. The maximum atomic E-state index is 12.7. The van der Waals surface area contributed by atoms with E-state index in [-0.39, 0.29) is 18.2 Å². The lowest BCUT2D eigenvalue weighted by Crippen LogP contribution is -2.56. The summed E-state index contributed by atoms with van der Waals surface area (Å²) < 4.78 is 10.7. The first-order chi connectivity index (χ1) is 15.5. The highest BCUT2D eigenvalue weighted by Gasteiger charge is 2.44. The Bertz CT molecular complexity index is 1100. The third-order valence-electron chi connectivity index (χ3n) is 6.19. The highest BCUT2D eigenvalue weighted by Crippen LogP contribution is 2.35. The van der Waals surface area contributed by atoms with E-state index in [1.165, 1.54) is 0 Å². The quantitative estimate of drug-likeness (QED) is 0.654. The van der Waals surface area contributed by atoms with Gasteiger partial charge in [0.2, 0.25) is 5.88 Å². The number of methoxy groups -OCH3 is 1. The predicted octanol–water partition coefficient (Wildman–Crippen LogP) is 3.47. The molecule has 0 spiro atoms. The molecule has 5 heterocycles. The first-order valence-electron chi connectivity index (χ1n) is 11.1. The number of aromatic amines is 1. The van der Waals surface area contributed by atoms with Crippen molar-refractivity contribution in [1.29, 1.82) is 0 Å². The van der Waals surface area contributed by atoms with E-state index >= 15 is 0 Å². The second kappa shape index (κ2) is 8.29. The summed E-state index contributed by atoms with van der Waals surface area (Å²) in [7, 11) is 1.60. The van der Waals surface area contributed by atoms with Gasteiger partial charge in [0, 0.05) is 36.6 Å². The SMILES string of the molecule is COc1ccc(-c2cc3c(N4CC5CCC(C4)N5C(=O)OCC(C)C)ncnc3[nH]2)cn1. The summed E-state index contributed by atoms with van der Waals surface area (Å²) in [6, 6.07) is 6.15. The molecule has 1 N–H and O–H groups in total. The summed E-state index contributed by atoms with van der Waals surface area (Å²) in [6.07, 6.45) is 5.16. The van der Waals surface area contributed by atoms with Gasteiger partial charge in [0.25, 0.3) is 0 Å². The van der Waals surface area contributed by atoms with Crippen LogP contribution in [0.2, 0.25) is 0 Å². The molecule has 9 nitrogen and oxygen atoms in total. The molecule has 0 aliphatic carbocycles. The maximum Gasteiger partial charge on any atom is 0.410 e. The van der Waals surface area contributed by atoms with Gasteiger partial charge >= 0.3 is 6.09 Å². The minimum atomic E-state index is -0.186. The highest BCUT2D eigenvalue weighted by molar-refractivity contribution is 5.92. The number of nitrogens with zero attached hydrogens (tertiary/aromatic N) is 5. The summed E-state index contributed by atoms with van der Waals surface area (Å²) in [4.78, 5) is 33.6. The van der Waals surface area contributed by atoms with Gasteiger partial charge in [-0.15, -0.1) is 0 Å². The van der Waals surface area contributed by atoms with E-state index in [2.05, 4.69) is 30.9 Å². The van der Waals surface area contributed by atoms with E-state index < -0.39 is 0 Å². The number of anilines is 1. The van der Waals surface area contributed by atoms with Crippen molar-refractivity contribution in [3.63, 3.8) is 0 Å². The fourth-order valence-electron chi connectivity index (χ4n) is 4.68. The zero-order valence-corrected chi connectivity index (χ0v) is 18.6. The Hall–Kier alpha value is -3.36. The number of amides is 1. The standard InChI is InChI=1S/C23H28N6O3/c1-14(2)12-32-23(30)29-16-5-6-17(29)11-28(10-16)22-18-8-19(27-21(18)25-13-26-22)15-4-7-20(31-3)24-9-15/h4,7-9,13-14,16-17H,5-6,10-12H2,1-3H3,(H,25,26,27). The van der Waals surface area contributed by atoms with Crippen molar-refractivity contribution in [3.05, 3.63) is 30.7 Å². The molecule has 0 radical (unpaired) electrons. The van der Waals surface area contributed by atoms with E-state index in [0.29, 0.717) is 18.4 Å². The smallest absolute Gasteiger partial charge is 0.410 e. The lowest BCUT2D eigenvalue weighted by atomic mass is 10.1. The van der Waals surface area contributed by atoms with Crippen LogP contribution in [0.1, 0.15) is 26.7 Å². The van der Waals surface area contributed by atoms with Crippen LogP contribution in [-0.2, 0) is 4.74 Å². The number of hydrogen-bond acceptors (Lipinski definition) is 7.